The number of ketones is 1. The van der Waals surface area contributed by atoms with Crippen LogP contribution in [0.4, 0.5) is 10.1 Å². The topological polar surface area (TPSA) is 68.7 Å². The van der Waals surface area contributed by atoms with Gasteiger partial charge in [-0.25, -0.2) is 4.39 Å². The minimum absolute atomic E-state index is 0.0406. The van der Waals surface area contributed by atoms with Gasteiger partial charge in [0, 0.05) is 29.2 Å². The van der Waals surface area contributed by atoms with Crippen molar-refractivity contribution in [1.29, 1.82) is 5.26 Å². The summed E-state index contributed by atoms with van der Waals surface area (Å²) in [6.07, 6.45) is 2.57. The molecule has 0 amide bonds. The van der Waals surface area contributed by atoms with Gasteiger partial charge in [0.2, 0.25) is 0 Å². The van der Waals surface area contributed by atoms with Crippen LogP contribution in [0.25, 0.3) is 10.9 Å². The molecule has 0 saturated heterocycles. The van der Waals surface area contributed by atoms with Gasteiger partial charge in [0.25, 0.3) is 0 Å². The molecule has 5 heteroatoms. The Labute approximate surface area is 138 Å². The van der Waals surface area contributed by atoms with Crippen molar-refractivity contribution in [2.24, 2.45) is 0 Å². The lowest BCUT2D eigenvalue weighted by Gasteiger charge is -2.09. The van der Waals surface area contributed by atoms with Gasteiger partial charge in [0.05, 0.1) is 11.3 Å². The number of fused-ring (bicyclic) bond motifs is 1. The van der Waals surface area contributed by atoms with Crippen LogP contribution in [0.15, 0.2) is 42.6 Å². The molecule has 1 heterocycles. The van der Waals surface area contributed by atoms with E-state index in [4.69, 9.17) is 0 Å². The number of nitrogens with zero attached hydrogens (tertiary/aromatic N) is 1. The summed E-state index contributed by atoms with van der Waals surface area (Å²) >= 11 is 0. The van der Waals surface area contributed by atoms with Gasteiger partial charge in [-0.2, -0.15) is 5.26 Å². The van der Waals surface area contributed by atoms with E-state index in [-0.39, 0.29) is 11.6 Å². The molecule has 2 N–H and O–H groups in total. The van der Waals surface area contributed by atoms with Crippen LogP contribution in [0.5, 0.6) is 0 Å². The minimum atomic E-state index is -0.270. The van der Waals surface area contributed by atoms with Crippen LogP contribution in [0.3, 0.4) is 0 Å². The first-order chi connectivity index (χ1) is 11.6. The quantitative estimate of drug-likeness (QED) is 0.697. The molecule has 4 nitrogen and oxygen atoms in total. The largest absolute Gasteiger partial charge is 0.384 e. The van der Waals surface area contributed by atoms with Gasteiger partial charge < -0.3 is 10.3 Å². The van der Waals surface area contributed by atoms with Gasteiger partial charge in [-0.15, -0.1) is 0 Å². The van der Waals surface area contributed by atoms with Crippen LogP contribution in [-0.4, -0.2) is 17.3 Å². The van der Waals surface area contributed by atoms with Crippen LogP contribution in [0.2, 0.25) is 0 Å². The Kier molecular flexibility index (Phi) is 4.30. The molecule has 0 atom stereocenters. The molecule has 0 fully saturated rings. The highest BCUT2D eigenvalue weighted by Gasteiger charge is 2.08. The van der Waals surface area contributed by atoms with Crippen molar-refractivity contribution in [2.45, 2.75) is 13.3 Å². The zero-order valence-corrected chi connectivity index (χ0v) is 13.2. The lowest BCUT2D eigenvalue weighted by atomic mass is 10.1. The number of aromatic amines is 1. The molecule has 24 heavy (non-hydrogen) atoms. The number of aromatic nitrogens is 1. The molecule has 0 saturated carbocycles. The predicted molar refractivity (Wildman–Crippen MR) is 91.6 cm³/mol. The van der Waals surface area contributed by atoms with E-state index in [1.54, 1.807) is 24.3 Å². The maximum absolute atomic E-state index is 13.2. The minimum Gasteiger partial charge on any atom is -0.384 e. The van der Waals surface area contributed by atoms with Crippen LogP contribution in [-0.2, 0) is 6.42 Å². The maximum Gasteiger partial charge on any atom is 0.159 e. The Hall–Kier alpha value is -3.13. The molecule has 0 aliphatic carbocycles. The first kappa shape index (κ1) is 15.8. The highest BCUT2D eigenvalue weighted by atomic mass is 19.1. The summed E-state index contributed by atoms with van der Waals surface area (Å²) in [5.41, 5.74) is 3.55. The first-order valence-corrected chi connectivity index (χ1v) is 7.63. The second-order valence-electron chi connectivity index (χ2n) is 5.61. The third-order valence-electron chi connectivity index (χ3n) is 3.99. The van der Waals surface area contributed by atoms with E-state index >= 15 is 0 Å². The number of Topliss-reactive ketones (excluding diaryl/α,β-unsaturated/α-hetero) is 1. The van der Waals surface area contributed by atoms with E-state index in [0.717, 1.165) is 16.5 Å². The fourth-order valence-electron chi connectivity index (χ4n) is 2.70. The van der Waals surface area contributed by atoms with Crippen LogP contribution < -0.4 is 5.32 Å². The SMILES string of the molecule is CC(=O)c1ccc(C#N)c(NCCc2c[nH]c3cc(F)ccc23)c1. The van der Waals surface area contributed by atoms with E-state index < -0.39 is 0 Å². The van der Waals surface area contributed by atoms with Crippen molar-refractivity contribution < 1.29 is 9.18 Å². The van der Waals surface area contributed by atoms with Crippen molar-refractivity contribution in [2.75, 3.05) is 11.9 Å². The number of benzene rings is 2. The molecule has 0 unspecified atom stereocenters. The summed E-state index contributed by atoms with van der Waals surface area (Å²) < 4.78 is 13.2. The number of rotatable bonds is 5. The average molecular weight is 321 g/mol. The first-order valence-electron chi connectivity index (χ1n) is 7.63. The number of nitrogens with one attached hydrogen (secondary N) is 2. The zero-order valence-electron chi connectivity index (χ0n) is 13.2. The molecule has 0 spiro atoms. The summed E-state index contributed by atoms with van der Waals surface area (Å²) in [4.78, 5) is 14.5. The Morgan fingerprint density at radius 2 is 2.12 bits per heavy atom. The van der Waals surface area contributed by atoms with Crippen LogP contribution in [0.1, 0.15) is 28.4 Å². The summed E-state index contributed by atoms with van der Waals surface area (Å²) in [5.74, 6) is -0.310. The Balaban J connectivity index is 1.75. The summed E-state index contributed by atoms with van der Waals surface area (Å²) in [6, 6.07) is 11.8. The van der Waals surface area contributed by atoms with Crippen molar-refractivity contribution in [3.05, 3.63) is 65.1 Å². The third kappa shape index (κ3) is 3.13. The lowest BCUT2D eigenvalue weighted by molar-refractivity contribution is 0.101. The number of H-pyrrole nitrogens is 1. The molecular weight excluding hydrogens is 305 g/mol. The molecule has 120 valence electrons. The standard InChI is InChI=1S/C19H16FN3O/c1-12(24)13-2-3-14(10-21)18(8-13)22-7-6-15-11-23-19-9-16(20)4-5-17(15)19/h2-5,8-9,11,22-23H,6-7H2,1H3. The Morgan fingerprint density at radius 3 is 2.88 bits per heavy atom. The molecule has 0 bridgehead atoms. The van der Waals surface area contributed by atoms with Crippen molar-refractivity contribution >= 4 is 22.4 Å². The normalized spacial score (nSPS) is 10.5. The average Bonchev–Trinajstić information content (AvgIpc) is 2.96. The second kappa shape index (κ2) is 6.55. The fraction of sp³-hybridized carbons (Fsp3) is 0.158. The second-order valence-corrected chi connectivity index (χ2v) is 5.61. The van der Waals surface area contributed by atoms with Crippen molar-refractivity contribution in [1.82, 2.24) is 4.98 Å². The zero-order chi connectivity index (χ0) is 17.1. The Morgan fingerprint density at radius 1 is 1.29 bits per heavy atom. The van der Waals surface area contributed by atoms with E-state index in [9.17, 15) is 14.4 Å². The van der Waals surface area contributed by atoms with Gasteiger partial charge in [-0.3, -0.25) is 4.79 Å². The summed E-state index contributed by atoms with van der Waals surface area (Å²) in [6.45, 7) is 2.09. The highest BCUT2D eigenvalue weighted by molar-refractivity contribution is 5.95. The number of halogens is 1. The van der Waals surface area contributed by atoms with Gasteiger partial charge in [-0.1, -0.05) is 0 Å². The van der Waals surface area contributed by atoms with E-state index in [0.29, 0.717) is 29.8 Å². The number of hydrogen-bond acceptors (Lipinski definition) is 3. The summed E-state index contributed by atoms with van der Waals surface area (Å²) in [5, 5.41) is 13.4. The fourth-order valence-corrected chi connectivity index (χ4v) is 2.70. The van der Waals surface area contributed by atoms with Crippen LogP contribution in [0, 0.1) is 17.1 Å². The number of carbonyl (C=O) groups is 1. The number of hydrogen-bond donors (Lipinski definition) is 2. The molecular formula is C19H16FN3O. The lowest BCUT2D eigenvalue weighted by Crippen LogP contribution is -2.07. The molecule has 0 aliphatic heterocycles. The van der Waals surface area contributed by atoms with Gasteiger partial charge in [0.15, 0.2) is 5.78 Å². The molecule has 3 rings (SSSR count). The van der Waals surface area contributed by atoms with E-state index in [1.807, 2.05) is 6.20 Å². The monoisotopic (exact) mass is 321 g/mol. The highest BCUT2D eigenvalue weighted by Crippen LogP contribution is 2.21. The molecule has 1 aromatic heterocycles. The van der Waals surface area contributed by atoms with Crippen LogP contribution >= 0.6 is 0 Å². The van der Waals surface area contributed by atoms with Crippen molar-refractivity contribution in [3.63, 3.8) is 0 Å². The van der Waals surface area contributed by atoms with Gasteiger partial charge in [-0.05, 0) is 55.3 Å². The van der Waals surface area contributed by atoms with E-state index in [1.165, 1.54) is 19.1 Å². The van der Waals surface area contributed by atoms with E-state index in [2.05, 4.69) is 16.4 Å². The Bertz CT molecular complexity index is 953. The molecule has 2 aromatic carbocycles. The smallest absolute Gasteiger partial charge is 0.159 e. The predicted octanol–water partition coefficient (Wildman–Crippen LogP) is 4.04. The molecule has 3 aromatic rings. The molecule has 0 radical (unpaired) electrons. The maximum atomic E-state index is 13.2. The van der Waals surface area contributed by atoms with Crippen molar-refractivity contribution in [3.8, 4) is 6.07 Å². The summed E-state index contributed by atoms with van der Waals surface area (Å²) in [7, 11) is 0. The van der Waals surface area contributed by atoms with Gasteiger partial charge in [0.1, 0.15) is 11.9 Å². The third-order valence-corrected chi connectivity index (χ3v) is 3.99. The molecule has 0 aliphatic rings. The number of carbonyl (C=O) groups excluding carboxylic acids is 1. The number of nitriles is 1. The van der Waals surface area contributed by atoms with Gasteiger partial charge >= 0.3 is 0 Å². The number of anilines is 1.